The van der Waals surface area contributed by atoms with Crippen LogP contribution in [-0.4, -0.2) is 52.1 Å². The molecule has 0 radical (unpaired) electrons. The number of aliphatic hydroxyl groups is 1. The topological polar surface area (TPSA) is 105 Å². The molecule has 2 saturated heterocycles. The lowest BCUT2D eigenvalue weighted by Gasteiger charge is -2.41. The van der Waals surface area contributed by atoms with Gasteiger partial charge in [0, 0.05) is 28.2 Å². The van der Waals surface area contributed by atoms with Crippen molar-refractivity contribution in [2.24, 2.45) is 5.73 Å². The Hall–Kier alpha value is -3.08. The molecule has 7 nitrogen and oxygen atoms in total. The van der Waals surface area contributed by atoms with Crippen molar-refractivity contribution in [3.8, 4) is 5.75 Å². The second-order valence-electron chi connectivity index (χ2n) is 12.1. The van der Waals surface area contributed by atoms with E-state index in [2.05, 4.69) is 21.2 Å². The van der Waals surface area contributed by atoms with Crippen molar-refractivity contribution in [1.29, 1.82) is 0 Å². The number of nitrogens with two attached hydrogens (primary N) is 1. The summed E-state index contributed by atoms with van der Waals surface area (Å²) in [6, 6.07) is 13.2. The van der Waals surface area contributed by atoms with Crippen LogP contribution in [0.3, 0.4) is 0 Å². The summed E-state index contributed by atoms with van der Waals surface area (Å²) in [5, 5.41) is 14.9. The van der Waals surface area contributed by atoms with Crippen LogP contribution in [0.2, 0.25) is 0 Å². The van der Waals surface area contributed by atoms with Crippen LogP contribution in [0.25, 0.3) is 10.8 Å². The van der Waals surface area contributed by atoms with E-state index in [-0.39, 0.29) is 29.8 Å². The van der Waals surface area contributed by atoms with Crippen LogP contribution in [0.5, 0.6) is 5.75 Å². The summed E-state index contributed by atoms with van der Waals surface area (Å²) in [4.78, 5) is 28.7. The molecular formula is C33H36BrF2N3O4. The number of hydrogen-bond acceptors (Lipinski definition) is 5. The van der Waals surface area contributed by atoms with E-state index in [4.69, 9.17) is 10.5 Å². The Morgan fingerprint density at radius 2 is 1.58 bits per heavy atom. The highest BCUT2D eigenvalue weighted by molar-refractivity contribution is 9.10. The first-order valence-corrected chi connectivity index (χ1v) is 15.8. The zero-order valence-electron chi connectivity index (χ0n) is 23.7. The van der Waals surface area contributed by atoms with Gasteiger partial charge in [0.25, 0.3) is 11.8 Å². The number of nitrogens with one attached hydrogen (secondary N) is 1. The lowest BCUT2D eigenvalue weighted by atomic mass is 9.94. The van der Waals surface area contributed by atoms with Crippen molar-refractivity contribution in [3.05, 3.63) is 76.3 Å². The summed E-state index contributed by atoms with van der Waals surface area (Å²) >= 11 is 3.25. The first-order valence-electron chi connectivity index (χ1n) is 15.0. The zero-order chi connectivity index (χ0) is 30.3. The molecule has 228 valence electrons. The highest BCUT2D eigenvalue weighted by Crippen LogP contribution is 2.40. The molecule has 2 heterocycles. The first kappa shape index (κ1) is 30.0. The van der Waals surface area contributed by atoms with Crippen LogP contribution in [-0.2, 0) is 15.5 Å². The van der Waals surface area contributed by atoms with Gasteiger partial charge in [0.1, 0.15) is 5.75 Å². The number of carbonyl (C=O) groups is 2. The van der Waals surface area contributed by atoms with E-state index in [1.165, 1.54) is 29.2 Å². The molecule has 2 bridgehead atoms. The van der Waals surface area contributed by atoms with Crippen LogP contribution < -0.4 is 15.8 Å². The Bertz CT molecular complexity index is 1480. The van der Waals surface area contributed by atoms with Gasteiger partial charge in [-0.1, -0.05) is 46.3 Å². The molecule has 3 fully saturated rings. The van der Waals surface area contributed by atoms with Gasteiger partial charge in [0.05, 0.1) is 6.10 Å². The summed E-state index contributed by atoms with van der Waals surface area (Å²) in [5.74, 6) is -4.92. The average molecular weight is 657 g/mol. The number of rotatable bonds is 8. The minimum atomic E-state index is -3.74. The monoisotopic (exact) mass is 655 g/mol. The maximum atomic E-state index is 16.1. The Labute approximate surface area is 257 Å². The van der Waals surface area contributed by atoms with E-state index >= 15 is 8.78 Å². The lowest BCUT2D eigenvalue weighted by Crippen LogP contribution is -2.61. The van der Waals surface area contributed by atoms with E-state index in [1.807, 2.05) is 18.2 Å². The van der Waals surface area contributed by atoms with E-state index in [9.17, 15) is 14.7 Å². The summed E-state index contributed by atoms with van der Waals surface area (Å²) in [6.07, 6.45) is 5.27. The molecule has 1 saturated carbocycles. The summed E-state index contributed by atoms with van der Waals surface area (Å²) in [5.41, 5.74) is 5.98. The summed E-state index contributed by atoms with van der Waals surface area (Å²) in [7, 11) is 0. The molecule has 2 amide bonds. The molecule has 6 rings (SSSR count). The maximum absolute atomic E-state index is 16.1. The third kappa shape index (κ3) is 6.14. The number of carbonyl (C=O) groups excluding carboxylic acids is 2. The van der Waals surface area contributed by atoms with Crippen LogP contribution in [0.15, 0.2) is 65.1 Å². The van der Waals surface area contributed by atoms with Crippen LogP contribution in [0.1, 0.15) is 68.6 Å². The third-order valence-corrected chi connectivity index (χ3v) is 9.68. The lowest BCUT2D eigenvalue weighted by molar-refractivity contribution is -0.155. The number of ether oxygens (including phenoxy) is 1. The number of hydrogen-bond donors (Lipinski definition) is 3. The minimum absolute atomic E-state index is 0.0957. The zero-order valence-corrected chi connectivity index (χ0v) is 25.3. The smallest absolute Gasteiger partial charge is 0.302 e. The average Bonchev–Trinajstić information content (AvgIpc) is 3.60. The summed E-state index contributed by atoms with van der Waals surface area (Å²) < 4.78 is 39.0. The fraction of sp³-hybridized carbons (Fsp3) is 0.455. The maximum Gasteiger partial charge on any atom is 0.302 e. The van der Waals surface area contributed by atoms with E-state index < -0.39 is 35.4 Å². The molecule has 3 aromatic rings. The van der Waals surface area contributed by atoms with Crippen LogP contribution >= 0.6 is 15.9 Å². The predicted octanol–water partition coefficient (Wildman–Crippen LogP) is 5.71. The van der Waals surface area contributed by atoms with Crippen LogP contribution in [0, 0.1) is 0 Å². The number of nitrogens with zero attached hydrogens (tertiary/aromatic N) is 1. The van der Waals surface area contributed by atoms with E-state index in [0.29, 0.717) is 30.2 Å². The van der Waals surface area contributed by atoms with Crippen molar-refractivity contribution in [2.75, 3.05) is 0 Å². The Balaban J connectivity index is 1.24. The number of benzene rings is 3. The second kappa shape index (κ2) is 12.1. The van der Waals surface area contributed by atoms with Gasteiger partial charge in [-0.05, 0) is 98.0 Å². The van der Waals surface area contributed by atoms with E-state index in [0.717, 1.165) is 42.2 Å². The molecule has 3 aliphatic rings. The van der Waals surface area contributed by atoms with Gasteiger partial charge in [-0.25, -0.2) is 0 Å². The van der Waals surface area contributed by atoms with Gasteiger partial charge in [0.2, 0.25) is 0 Å². The molecule has 2 aliphatic heterocycles. The van der Waals surface area contributed by atoms with Crippen molar-refractivity contribution < 1.29 is 28.2 Å². The molecule has 43 heavy (non-hydrogen) atoms. The van der Waals surface area contributed by atoms with Gasteiger partial charge in [0.15, 0.2) is 12.1 Å². The number of fused-ring (bicyclic) bond motifs is 3. The number of aliphatic hydroxyl groups excluding tert-OH is 1. The minimum Gasteiger partial charge on any atom is -0.490 e. The molecule has 0 spiro atoms. The Morgan fingerprint density at radius 1 is 0.953 bits per heavy atom. The molecule has 4 atom stereocenters. The van der Waals surface area contributed by atoms with Gasteiger partial charge in [-0.3, -0.25) is 9.59 Å². The van der Waals surface area contributed by atoms with Gasteiger partial charge in [-0.2, -0.15) is 8.78 Å². The summed E-state index contributed by atoms with van der Waals surface area (Å²) in [6.45, 7) is 0. The van der Waals surface area contributed by atoms with Gasteiger partial charge >= 0.3 is 5.92 Å². The van der Waals surface area contributed by atoms with Crippen molar-refractivity contribution in [3.63, 3.8) is 0 Å². The number of piperidine rings is 1. The fourth-order valence-electron chi connectivity index (χ4n) is 6.93. The quantitative estimate of drug-likeness (QED) is 0.288. The predicted molar refractivity (Wildman–Crippen MR) is 163 cm³/mol. The third-order valence-electron chi connectivity index (χ3n) is 9.15. The molecule has 4 N–H and O–H groups in total. The molecular weight excluding hydrogens is 620 g/mol. The molecule has 10 heteroatoms. The van der Waals surface area contributed by atoms with E-state index in [1.54, 1.807) is 18.2 Å². The number of alkyl halides is 2. The normalized spacial score (nSPS) is 23.7. The largest absolute Gasteiger partial charge is 0.490 e. The van der Waals surface area contributed by atoms with Gasteiger partial charge in [-0.15, -0.1) is 0 Å². The fourth-order valence-corrected chi connectivity index (χ4v) is 7.20. The Morgan fingerprint density at radius 3 is 2.26 bits per heavy atom. The van der Waals surface area contributed by atoms with Gasteiger partial charge < -0.3 is 25.8 Å². The molecule has 1 aliphatic carbocycles. The van der Waals surface area contributed by atoms with Crippen LogP contribution in [0.4, 0.5) is 8.78 Å². The SMILES string of the molecule is NC1CC2CCC(C1)N2C(=O)[C@@H](NC(=O)[C@H](O)c1ccc2cc(OC3CCCC3)ccc2c1)C(F)(F)c1ccc(Br)cc1. The van der Waals surface area contributed by atoms with Crippen molar-refractivity contribution in [1.82, 2.24) is 10.2 Å². The second-order valence-corrected chi connectivity index (χ2v) is 13.0. The molecule has 0 aromatic heterocycles. The highest BCUT2D eigenvalue weighted by atomic mass is 79.9. The van der Waals surface area contributed by atoms with Crippen molar-refractivity contribution in [2.45, 2.75) is 93.7 Å². The standard InChI is InChI=1S/C33H36BrF2N3O4/c34-23-10-8-22(9-11-23)33(35,36)30(32(42)39-25-12-13-26(39)18-24(37)17-25)38-31(41)29(40)21-6-5-20-16-28(14-7-19(20)15-21)43-27-3-1-2-4-27/h5-11,14-16,24-27,29-30,40H,1-4,12-13,17-18,37H2,(H,38,41)/t24?,25?,26?,29-,30-/m1/s1. The first-order chi connectivity index (χ1) is 20.6. The van der Waals surface area contributed by atoms with Crippen molar-refractivity contribution >= 4 is 38.5 Å². The number of halogens is 3. The molecule has 2 unspecified atom stereocenters. The Kier molecular flexibility index (Phi) is 8.45. The molecule has 3 aromatic carbocycles. The highest BCUT2D eigenvalue weighted by Gasteiger charge is 2.53. The number of amides is 2.